The van der Waals surface area contributed by atoms with Crippen molar-refractivity contribution in [2.45, 2.75) is 25.8 Å². The Balaban J connectivity index is 1.40. The molecule has 4 aromatic rings. The zero-order valence-corrected chi connectivity index (χ0v) is 15.4. The number of aromatic amines is 1. The summed E-state index contributed by atoms with van der Waals surface area (Å²) >= 11 is 0. The van der Waals surface area contributed by atoms with Crippen molar-refractivity contribution >= 4 is 33.7 Å². The molecule has 8 heteroatoms. The van der Waals surface area contributed by atoms with E-state index in [-0.39, 0.29) is 11.8 Å². The van der Waals surface area contributed by atoms with Crippen LogP contribution in [-0.2, 0) is 0 Å². The number of para-hydroxylation sites is 1. The van der Waals surface area contributed by atoms with E-state index in [0.717, 1.165) is 36.1 Å². The molecule has 8 nitrogen and oxygen atoms in total. The fourth-order valence-electron chi connectivity index (χ4n) is 3.77. The molecule has 0 amide bonds. The van der Waals surface area contributed by atoms with E-state index >= 15 is 0 Å². The number of Topliss-reactive ketones (excluding diaryl/α,β-unsaturated/α-hetero) is 1. The average molecular weight is 377 g/mol. The number of hydrogen-bond donors (Lipinski definition) is 1. The number of aromatic nitrogens is 4. The smallest absolute Gasteiger partial charge is 0.194 e. The molecule has 28 heavy (non-hydrogen) atoms. The van der Waals surface area contributed by atoms with Gasteiger partial charge in [-0.1, -0.05) is 12.1 Å². The predicted molar refractivity (Wildman–Crippen MR) is 104 cm³/mol. The van der Waals surface area contributed by atoms with E-state index in [1.54, 1.807) is 18.7 Å². The van der Waals surface area contributed by atoms with Crippen LogP contribution in [0.5, 0.6) is 5.75 Å². The molecule has 4 heterocycles. The first kappa shape index (κ1) is 16.7. The Morgan fingerprint density at radius 3 is 3.18 bits per heavy atom. The van der Waals surface area contributed by atoms with Gasteiger partial charge >= 0.3 is 0 Å². The van der Waals surface area contributed by atoms with Crippen molar-refractivity contribution in [3.8, 4) is 5.75 Å². The number of nitrogens with zero attached hydrogens (tertiary/aromatic N) is 4. The van der Waals surface area contributed by atoms with Crippen LogP contribution in [0, 0.1) is 0 Å². The minimum atomic E-state index is -0.101. The SMILES string of the molecule is CC(=O)c1cc2cccc(OC[C@H]3CCCN3c3ncnc4nc[nH]c34)c2o1. The third-order valence-corrected chi connectivity index (χ3v) is 5.14. The first-order valence-corrected chi connectivity index (χ1v) is 9.28. The maximum absolute atomic E-state index is 11.6. The molecule has 1 atom stereocenters. The van der Waals surface area contributed by atoms with Crippen molar-refractivity contribution in [2.75, 3.05) is 18.1 Å². The molecule has 0 spiro atoms. The number of fused-ring (bicyclic) bond motifs is 2. The van der Waals surface area contributed by atoms with Crippen LogP contribution >= 0.6 is 0 Å². The van der Waals surface area contributed by atoms with Gasteiger partial charge in [-0.15, -0.1) is 0 Å². The Kier molecular flexibility index (Phi) is 3.96. The van der Waals surface area contributed by atoms with E-state index in [0.29, 0.717) is 29.3 Å². The lowest BCUT2D eigenvalue weighted by atomic mass is 10.2. The molecule has 3 aromatic heterocycles. The van der Waals surface area contributed by atoms with Crippen molar-refractivity contribution < 1.29 is 13.9 Å². The molecular weight excluding hydrogens is 358 g/mol. The van der Waals surface area contributed by atoms with Crippen LogP contribution in [0.25, 0.3) is 22.1 Å². The summed E-state index contributed by atoms with van der Waals surface area (Å²) in [5.41, 5.74) is 2.11. The average Bonchev–Trinajstić information content (AvgIpc) is 3.44. The first-order valence-electron chi connectivity index (χ1n) is 9.28. The van der Waals surface area contributed by atoms with Crippen molar-refractivity contribution in [1.82, 2.24) is 19.9 Å². The number of hydrogen-bond acceptors (Lipinski definition) is 7. The lowest BCUT2D eigenvalue weighted by Gasteiger charge is -2.25. The van der Waals surface area contributed by atoms with Crippen LogP contribution in [0.15, 0.2) is 41.3 Å². The topological polar surface area (TPSA) is 97.1 Å². The number of furan rings is 1. The molecule has 0 radical (unpaired) electrons. The standard InChI is InChI=1S/C20H19N5O3/c1-12(26)16-8-13-4-2-6-15(18(13)28-16)27-9-14-5-3-7-25(14)20-17-19(22-10-21-17)23-11-24-20/h2,4,6,8,10-11,14H,3,5,7,9H2,1H3,(H,21,22,23,24)/t14-/m1/s1. The normalized spacial score (nSPS) is 16.9. The summed E-state index contributed by atoms with van der Waals surface area (Å²) in [4.78, 5) is 29.9. The minimum Gasteiger partial charge on any atom is -0.488 e. The van der Waals surface area contributed by atoms with Crippen LogP contribution in [0.2, 0.25) is 0 Å². The van der Waals surface area contributed by atoms with Gasteiger partial charge in [0.25, 0.3) is 0 Å². The summed E-state index contributed by atoms with van der Waals surface area (Å²) in [6.45, 7) is 2.89. The lowest BCUT2D eigenvalue weighted by molar-refractivity contribution is 0.0989. The summed E-state index contributed by atoms with van der Waals surface area (Å²) in [6.07, 6.45) is 5.25. The number of H-pyrrole nitrogens is 1. The van der Waals surface area contributed by atoms with Crippen LogP contribution in [0.4, 0.5) is 5.82 Å². The van der Waals surface area contributed by atoms with Crippen LogP contribution in [0.1, 0.15) is 30.3 Å². The zero-order valence-electron chi connectivity index (χ0n) is 15.4. The van der Waals surface area contributed by atoms with E-state index in [1.165, 1.54) is 6.92 Å². The van der Waals surface area contributed by atoms with Gasteiger partial charge in [-0.05, 0) is 25.0 Å². The number of ketones is 1. The van der Waals surface area contributed by atoms with Gasteiger partial charge in [0.2, 0.25) is 0 Å². The third kappa shape index (κ3) is 2.77. The van der Waals surface area contributed by atoms with Crippen LogP contribution in [0.3, 0.4) is 0 Å². The number of nitrogens with one attached hydrogen (secondary N) is 1. The van der Waals surface area contributed by atoms with Crippen LogP contribution in [-0.4, -0.2) is 44.9 Å². The van der Waals surface area contributed by atoms with E-state index in [2.05, 4.69) is 24.8 Å². The van der Waals surface area contributed by atoms with Crippen molar-refractivity contribution in [2.24, 2.45) is 0 Å². The second-order valence-electron chi connectivity index (χ2n) is 6.94. The highest BCUT2D eigenvalue weighted by Gasteiger charge is 2.28. The molecule has 0 aliphatic carbocycles. The second-order valence-corrected chi connectivity index (χ2v) is 6.94. The van der Waals surface area contributed by atoms with Crippen LogP contribution < -0.4 is 9.64 Å². The van der Waals surface area contributed by atoms with Gasteiger partial charge < -0.3 is 19.0 Å². The second kappa shape index (κ2) is 6.63. The summed E-state index contributed by atoms with van der Waals surface area (Å²) < 4.78 is 11.8. The summed E-state index contributed by atoms with van der Waals surface area (Å²) in [5.74, 6) is 1.74. The largest absolute Gasteiger partial charge is 0.488 e. The summed E-state index contributed by atoms with van der Waals surface area (Å²) in [5, 5.41) is 0.862. The maximum atomic E-state index is 11.6. The van der Waals surface area contributed by atoms with Crippen molar-refractivity contribution in [3.63, 3.8) is 0 Å². The van der Waals surface area contributed by atoms with Gasteiger partial charge in [0.1, 0.15) is 18.5 Å². The summed E-state index contributed by atoms with van der Waals surface area (Å²) in [7, 11) is 0. The Labute approximate surface area is 160 Å². The Morgan fingerprint density at radius 1 is 1.36 bits per heavy atom. The zero-order chi connectivity index (χ0) is 19.1. The molecule has 0 bridgehead atoms. The molecule has 0 saturated carbocycles. The van der Waals surface area contributed by atoms with E-state index in [9.17, 15) is 4.79 Å². The van der Waals surface area contributed by atoms with Gasteiger partial charge in [0.05, 0.1) is 12.4 Å². The number of carbonyl (C=O) groups excluding carboxylic acids is 1. The highest BCUT2D eigenvalue weighted by atomic mass is 16.5. The molecule has 1 N–H and O–H groups in total. The fraction of sp³-hybridized carbons (Fsp3) is 0.300. The first-order chi connectivity index (χ1) is 13.7. The molecule has 0 unspecified atom stereocenters. The predicted octanol–water partition coefficient (Wildman–Crippen LogP) is 3.35. The number of ether oxygens (including phenoxy) is 1. The maximum Gasteiger partial charge on any atom is 0.194 e. The van der Waals surface area contributed by atoms with Gasteiger partial charge in [-0.2, -0.15) is 0 Å². The highest BCUT2D eigenvalue weighted by molar-refractivity contribution is 5.97. The molecule has 1 aliphatic rings. The Hall–Kier alpha value is -3.42. The number of carbonyl (C=O) groups is 1. The van der Waals surface area contributed by atoms with E-state index in [1.807, 2.05) is 18.2 Å². The molecule has 1 saturated heterocycles. The Bertz CT molecular complexity index is 1170. The van der Waals surface area contributed by atoms with E-state index < -0.39 is 0 Å². The van der Waals surface area contributed by atoms with Gasteiger partial charge in [0.15, 0.2) is 34.3 Å². The highest BCUT2D eigenvalue weighted by Crippen LogP contribution is 2.31. The van der Waals surface area contributed by atoms with Gasteiger partial charge in [-0.3, -0.25) is 4.79 Å². The number of benzene rings is 1. The monoisotopic (exact) mass is 377 g/mol. The number of anilines is 1. The van der Waals surface area contributed by atoms with E-state index in [4.69, 9.17) is 9.15 Å². The number of rotatable bonds is 5. The Morgan fingerprint density at radius 2 is 2.29 bits per heavy atom. The quantitative estimate of drug-likeness (QED) is 0.533. The molecule has 5 rings (SSSR count). The van der Waals surface area contributed by atoms with Crippen molar-refractivity contribution in [1.29, 1.82) is 0 Å². The number of imidazole rings is 1. The molecule has 1 aromatic carbocycles. The molecule has 1 fully saturated rings. The molecule has 142 valence electrons. The summed E-state index contributed by atoms with van der Waals surface area (Å²) in [6, 6.07) is 7.62. The van der Waals surface area contributed by atoms with Gasteiger partial charge in [0, 0.05) is 18.9 Å². The molecule has 1 aliphatic heterocycles. The molecular formula is C20H19N5O3. The van der Waals surface area contributed by atoms with Gasteiger partial charge in [-0.25, -0.2) is 15.0 Å². The van der Waals surface area contributed by atoms with Crippen molar-refractivity contribution in [3.05, 3.63) is 42.7 Å². The third-order valence-electron chi connectivity index (χ3n) is 5.14. The fourth-order valence-corrected chi connectivity index (χ4v) is 3.77. The minimum absolute atomic E-state index is 0.101. The lowest BCUT2D eigenvalue weighted by Crippen LogP contribution is -2.35.